The second-order valence-corrected chi connectivity index (χ2v) is 8.87. The Hall–Kier alpha value is -3.54. The third-order valence-corrected chi connectivity index (χ3v) is 6.63. The van der Waals surface area contributed by atoms with E-state index in [2.05, 4.69) is 28.2 Å². The molecule has 0 saturated carbocycles. The van der Waals surface area contributed by atoms with E-state index in [0.717, 1.165) is 65.4 Å². The first kappa shape index (κ1) is 21.3. The molecule has 2 aromatic heterocycles. The van der Waals surface area contributed by atoms with Crippen molar-refractivity contribution in [1.29, 1.82) is 0 Å². The van der Waals surface area contributed by atoms with Crippen LogP contribution in [0.4, 0.5) is 5.69 Å². The molecule has 6 heteroatoms. The fraction of sp³-hybridized carbons (Fsp3) is 0.333. The summed E-state index contributed by atoms with van der Waals surface area (Å²) in [6, 6.07) is 16.3. The summed E-state index contributed by atoms with van der Waals surface area (Å²) in [5, 5.41) is 3.41. The quantitative estimate of drug-likeness (QED) is 0.478. The van der Waals surface area contributed by atoms with Crippen LogP contribution in [-0.2, 0) is 6.42 Å². The lowest BCUT2D eigenvalue weighted by Crippen LogP contribution is -2.30. The first-order valence-corrected chi connectivity index (χ1v) is 11.6. The summed E-state index contributed by atoms with van der Waals surface area (Å²) in [6.45, 7) is 5.93. The second-order valence-electron chi connectivity index (χ2n) is 8.87. The maximum absolute atomic E-state index is 13.7. The Morgan fingerprint density at radius 2 is 1.79 bits per heavy atom. The number of hydrogen-bond donors (Lipinski definition) is 1. The summed E-state index contributed by atoms with van der Waals surface area (Å²) in [5.74, 6) is 0.851. The van der Waals surface area contributed by atoms with Crippen LogP contribution in [0, 0.1) is 13.8 Å². The zero-order chi connectivity index (χ0) is 22.9. The molecule has 4 aromatic rings. The molecule has 0 radical (unpaired) electrons. The van der Waals surface area contributed by atoms with Gasteiger partial charge in [-0.05, 0) is 50.3 Å². The van der Waals surface area contributed by atoms with E-state index in [1.54, 1.807) is 11.6 Å². The first-order valence-electron chi connectivity index (χ1n) is 11.6. The maximum atomic E-state index is 13.7. The maximum Gasteiger partial charge on any atom is 0.276 e. The summed E-state index contributed by atoms with van der Waals surface area (Å²) in [6.07, 6.45) is 4.09. The Morgan fingerprint density at radius 1 is 1.03 bits per heavy atom. The lowest BCUT2D eigenvalue weighted by molar-refractivity contribution is 0.411. The van der Waals surface area contributed by atoms with E-state index in [1.807, 2.05) is 44.2 Å². The number of H-pyrrole nitrogens is 1. The number of nitrogens with one attached hydrogen (secondary N) is 1. The molecule has 6 nitrogen and oxygen atoms in total. The van der Waals surface area contributed by atoms with E-state index in [1.165, 1.54) is 6.42 Å². The Kier molecular flexibility index (Phi) is 5.67. The molecule has 0 bridgehead atoms. The van der Waals surface area contributed by atoms with Gasteiger partial charge >= 0.3 is 0 Å². The number of hydrogen-bond acceptors (Lipinski definition) is 4. The highest BCUT2D eigenvalue weighted by molar-refractivity contribution is 5.86. The summed E-state index contributed by atoms with van der Waals surface area (Å²) in [5.41, 5.74) is 7.36. The van der Waals surface area contributed by atoms with E-state index in [4.69, 9.17) is 9.72 Å². The van der Waals surface area contributed by atoms with E-state index >= 15 is 0 Å². The molecule has 1 N–H and O–H groups in total. The van der Waals surface area contributed by atoms with E-state index in [9.17, 15) is 4.79 Å². The topological polar surface area (TPSA) is 62.6 Å². The molecule has 1 aliphatic rings. The number of methoxy groups -OCH3 is 1. The molecule has 33 heavy (non-hydrogen) atoms. The predicted octanol–water partition coefficient (Wildman–Crippen LogP) is 4.90. The van der Waals surface area contributed by atoms with Crippen LogP contribution in [0.25, 0.3) is 16.9 Å². The highest BCUT2D eigenvalue weighted by atomic mass is 16.5. The van der Waals surface area contributed by atoms with Crippen LogP contribution in [-0.4, -0.2) is 34.8 Å². The van der Waals surface area contributed by atoms with Gasteiger partial charge in [0.25, 0.3) is 5.56 Å². The number of fused-ring (bicyclic) bond motifs is 1. The van der Waals surface area contributed by atoms with Crippen LogP contribution < -0.4 is 15.2 Å². The normalized spacial score (nSPS) is 14.1. The van der Waals surface area contributed by atoms with Crippen molar-refractivity contribution in [3.05, 3.63) is 81.3 Å². The van der Waals surface area contributed by atoms with Gasteiger partial charge in [0.1, 0.15) is 11.4 Å². The zero-order valence-electron chi connectivity index (χ0n) is 19.5. The number of benzene rings is 2. The Morgan fingerprint density at radius 3 is 2.48 bits per heavy atom. The molecule has 0 atom stereocenters. The molecule has 1 saturated heterocycles. The summed E-state index contributed by atoms with van der Waals surface area (Å²) < 4.78 is 7.03. The number of rotatable bonds is 5. The van der Waals surface area contributed by atoms with Crippen LogP contribution in [0.5, 0.6) is 5.75 Å². The minimum Gasteiger partial charge on any atom is -0.496 e. The predicted molar refractivity (Wildman–Crippen MR) is 133 cm³/mol. The monoisotopic (exact) mass is 442 g/mol. The van der Waals surface area contributed by atoms with Crippen molar-refractivity contribution in [3.63, 3.8) is 0 Å². The van der Waals surface area contributed by atoms with Gasteiger partial charge in [0, 0.05) is 36.3 Å². The molecular formula is C27H30N4O2. The molecule has 5 rings (SSSR count). The van der Waals surface area contributed by atoms with Gasteiger partial charge in [-0.1, -0.05) is 42.5 Å². The molecule has 0 spiro atoms. The van der Waals surface area contributed by atoms with E-state index in [-0.39, 0.29) is 5.56 Å². The zero-order valence-corrected chi connectivity index (χ0v) is 19.5. The van der Waals surface area contributed by atoms with Gasteiger partial charge in [-0.15, -0.1) is 0 Å². The summed E-state index contributed by atoms with van der Waals surface area (Å²) in [4.78, 5) is 21.1. The fourth-order valence-corrected chi connectivity index (χ4v) is 4.88. The van der Waals surface area contributed by atoms with Crippen LogP contribution in [0.15, 0.2) is 53.3 Å². The van der Waals surface area contributed by atoms with Gasteiger partial charge in [0.05, 0.1) is 12.8 Å². The van der Waals surface area contributed by atoms with Crippen LogP contribution in [0.2, 0.25) is 0 Å². The SMILES string of the molecule is COc1ccc(Cc2c(C)nc3c(N4CCCCC4)c(-c4ccccc4)[nH]n3c2=O)cc1C. The van der Waals surface area contributed by atoms with Crippen molar-refractivity contribution < 1.29 is 4.74 Å². The van der Waals surface area contributed by atoms with Crippen molar-refractivity contribution in [1.82, 2.24) is 14.6 Å². The van der Waals surface area contributed by atoms with Gasteiger partial charge in [0.2, 0.25) is 0 Å². The van der Waals surface area contributed by atoms with E-state index in [0.29, 0.717) is 17.6 Å². The third kappa shape index (κ3) is 3.90. The van der Waals surface area contributed by atoms with Crippen molar-refractivity contribution >= 4 is 11.3 Å². The van der Waals surface area contributed by atoms with Crippen LogP contribution >= 0.6 is 0 Å². The number of aromatic nitrogens is 3. The Labute approximate surface area is 193 Å². The second kappa shape index (κ2) is 8.77. The highest BCUT2D eigenvalue weighted by Crippen LogP contribution is 2.34. The van der Waals surface area contributed by atoms with Crippen LogP contribution in [0.1, 0.15) is 41.6 Å². The standard InChI is InChI=1S/C27H30N4O2/c1-18-16-20(12-13-23(18)33-3)17-22-19(2)28-26-25(30-14-8-5-9-15-30)24(29-31(26)27(22)32)21-10-6-4-7-11-21/h4,6-7,10-13,16,29H,5,8-9,14-15,17H2,1-3H3. The molecular weight excluding hydrogens is 412 g/mol. The third-order valence-electron chi connectivity index (χ3n) is 6.63. The van der Waals surface area contributed by atoms with Crippen molar-refractivity contribution in [2.45, 2.75) is 39.5 Å². The Bertz CT molecular complexity index is 1350. The number of nitrogens with zero attached hydrogens (tertiary/aromatic N) is 3. The minimum absolute atomic E-state index is 0.0357. The van der Waals surface area contributed by atoms with Crippen molar-refractivity contribution in [2.75, 3.05) is 25.1 Å². The number of piperidine rings is 1. The number of anilines is 1. The highest BCUT2D eigenvalue weighted by Gasteiger charge is 2.24. The van der Waals surface area contributed by atoms with Gasteiger partial charge in [0.15, 0.2) is 5.65 Å². The van der Waals surface area contributed by atoms with Crippen molar-refractivity contribution in [2.24, 2.45) is 0 Å². The average Bonchev–Trinajstić information content (AvgIpc) is 3.22. The summed E-state index contributed by atoms with van der Waals surface area (Å²) in [7, 11) is 1.67. The molecule has 2 aromatic carbocycles. The van der Waals surface area contributed by atoms with Crippen molar-refractivity contribution in [3.8, 4) is 17.0 Å². The largest absolute Gasteiger partial charge is 0.496 e. The average molecular weight is 443 g/mol. The number of ether oxygens (including phenoxy) is 1. The fourth-order valence-electron chi connectivity index (χ4n) is 4.88. The molecule has 170 valence electrons. The van der Waals surface area contributed by atoms with Gasteiger partial charge in [-0.3, -0.25) is 9.89 Å². The van der Waals surface area contributed by atoms with Crippen LogP contribution in [0.3, 0.4) is 0 Å². The number of aromatic amines is 1. The number of aryl methyl sites for hydroxylation is 2. The lowest BCUT2D eigenvalue weighted by Gasteiger charge is -2.28. The van der Waals surface area contributed by atoms with Gasteiger partial charge in [-0.2, -0.15) is 4.52 Å². The molecule has 3 heterocycles. The minimum atomic E-state index is -0.0357. The van der Waals surface area contributed by atoms with Gasteiger partial charge in [-0.25, -0.2) is 4.98 Å². The molecule has 0 unspecified atom stereocenters. The molecule has 0 amide bonds. The smallest absolute Gasteiger partial charge is 0.276 e. The van der Waals surface area contributed by atoms with Gasteiger partial charge < -0.3 is 9.64 Å². The molecule has 1 fully saturated rings. The van der Waals surface area contributed by atoms with E-state index < -0.39 is 0 Å². The Balaban J connectivity index is 1.66. The molecule has 1 aliphatic heterocycles. The summed E-state index contributed by atoms with van der Waals surface area (Å²) >= 11 is 0. The first-order chi connectivity index (χ1) is 16.1. The lowest BCUT2D eigenvalue weighted by atomic mass is 10.0. The molecule has 0 aliphatic carbocycles.